The summed E-state index contributed by atoms with van der Waals surface area (Å²) >= 11 is 1.82. The number of urea groups is 1. The van der Waals surface area contributed by atoms with Gasteiger partial charge in [0.15, 0.2) is 0 Å². The van der Waals surface area contributed by atoms with Crippen molar-refractivity contribution in [2.24, 2.45) is 0 Å². The lowest BCUT2D eigenvalue weighted by Gasteiger charge is -2.07. The van der Waals surface area contributed by atoms with E-state index in [0.717, 1.165) is 18.6 Å². The number of nitrogens with two attached hydrogens (primary N) is 1. The molecule has 17 heavy (non-hydrogen) atoms. The zero-order chi connectivity index (χ0) is 12.5. The van der Waals surface area contributed by atoms with Crippen LogP contribution in [0.4, 0.5) is 16.2 Å². The molecule has 1 aromatic rings. The van der Waals surface area contributed by atoms with Crippen LogP contribution in [0.15, 0.2) is 24.3 Å². The van der Waals surface area contributed by atoms with Gasteiger partial charge in [-0.25, -0.2) is 4.79 Å². The van der Waals surface area contributed by atoms with Crippen LogP contribution in [0.1, 0.15) is 12.8 Å². The van der Waals surface area contributed by atoms with Crippen molar-refractivity contribution in [3.05, 3.63) is 24.3 Å². The summed E-state index contributed by atoms with van der Waals surface area (Å²) < 4.78 is 0. The van der Waals surface area contributed by atoms with E-state index in [1.807, 2.05) is 23.9 Å². The van der Waals surface area contributed by atoms with Crippen LogP contribution in [-0.4, -0.2) is 24.6 Å². The normalized spacial score (nSPS) is 9.94. The van der Waals surface area contributed by atoms with Gasteiger partial charge in [0.2, 0.25) is 0 Å². The van der Waals surface area contributed by atoms with Gasteiger partial charge in [0.1, 0.15) is 0 Å². The molecule has 0 aliphatic carbocycles. The molecular weight excluding hydrogens is 234 g/mol. The molecule has 0 aliphatic heterocycles. The molecular formula is C12H19N3OS. The Labute approximate surface area is 106 Å². The van der Waals surface area contributed by atoms with Crippen LogP contribution in [-0.2, 0) is 0 Å². The van der Waals surface area contributed by atoms with Gasteiger partial charge in [-0.05, 0) is 43.0 Å². The van der Waals surface area contributed by atoms with Gasteiger partial charge in [-0.3, -0.25) is 0 Å². The maximum absolute atomic E-state index is 11.5. The average molecular weight is 253 g/mol. The summed E-state index contributed by atoms with van der Waals surface area (Å²) in [6, 6.07) is 6.95. The molecule has 0 aromatic heterocycles. The van der Waals surface area contributed by atoms with E-state index in [0.29, 0.717) is 17.9 Å². The topological polar surface area (TPSA) is 67.2 Å². The number of hydrogen-bond acceptors (Lipinski definition) is 3. The number of anilines is 2. The number of nitrogens with one attached hydrogen (secondary N) is 2. The summed E-state index contributed by atoms with van der Waals surface area (Å²) in [5.41, 5.74) is 6.97. The second kappa shape index (κ2) is 7.84. The molecule has 4 nitrogen and oxygen atoms in total. The first-order valence-corrected chi connectivity index (χ1v) is 7.01. The van der Waals surface area contributed by atoms with E-state index in [4.69, 9.17) is 5.73 Å². The molecule has 5 heteroatoms. The van der Waals surface area contributed by atoms with Crippen molar-refractivity contribution in [2.45, 2.75) is 12.8 Å². The van der Waals surface area contributed by atoms with Crippen molar-refractivity contribution >= 4 is 29.2 Å². The lowest BCUT2D eigenvalue weighted by Crippen LogP contribution is -2.29. The third kappa shape index (κ3) is 6.06. The summed E-state index contributed by atoms with van der Waals surface area (Å²) in [5.74, 6) is 1.14. The average Bonchev–Trinajstić information content (AvgIpc) is 2.29. The van der Waals surface area contributed by atoms with E-state index in [1.54, 1.807) is 12.1 Å². The molecule has 0 atom stereocenters. The molecule has 0 radical (unpaired) electrons. The molecule has 1 rings (SSSR count). The minimum absolute atomic E-state index is 0.181. The van der Waals surface area contributed by atoms with Crippen LogP contribution in [0.3, 0.4) is 0 Å². The molecule has 0 spiro atoms. The zero-order valence-electron chi connectivity index (χ0n) is 10.0. The standard InChI is InChI=1S/C12H19N3OS/c1-17-8-3-2-7-14-12(16)15-11-6-4-5-10(13)9-11/h4-6,9H,2-3,7-8,13H2,1H3,(H2,14,15,16). The summed E-state index contributed by atoms with van der Waals surface area (Å²) in [4.78, 5) is 11.5. The van der Waals surface area contributed by atoms with Gasteiger partial charge in [0.05, 0.1) is 0 Å². The molecule has 0 aliphatic rings. The smallest absolute Gasteiger partial charge is 0.319 e. The van der Waals surface area contributed by atoms with Gasteiger partial charge in [0, 0.05) is 17.9 Å². The Morgan fingerprint density at radius 1 is 1.41 bits per heavy atom. The van der Waals surface area contributed by atoms with Crippen LogP contribution in [0.5, 0.6) is 0 Å². The monoisotopic (exact) mass is 253 g/mol. The Balaban J connectivity index is 2.21. The van der Waals surface area contributed by atoms with Crippen LogP contribution in [0.2, 0.25) is 0 Å². The largest absolute Gasteiger partial charge is 0.399 e. The number of unbranched alkanes of at least 4 members (excludes halogenated alkanes) is 1. The van der Waals surface area contributed by atoms with Gasteiger partial charge < -0.3 is 16.4 Å². The molecule has 0 saturated heterocycles. The Morgan fingerprint density at radius 2 is 2.24 bits per heavy atom. The van der Waals surface area contributed by atoms with Gasteiger partial charge in [-0.2, -0.15) is 11.8 Å². The maximum Gasteiger partial charge on any atom is 0.319 e. The SMILES string of the molecule is CSCCCCNC(=O)Nc1cccc(N)c1. The minimum Gasteiger partial charge on any atom is -0.399 e. The molecule has 0 fully saturated rings. The minimum atomic E-state index is -0.181. The molecule has 94 valence electrons. The predicted octanol–water partition coefficient (Wildman–Crippen LogP) is 2.53. The molecule has 1 aromatic carbocycles. The highest BCUT2D eigenvalue weighted by Gasteiger charge is 2.00. The van der Waals surface area contributed by atoms with Crippen molar-refractivity contribution in [3.63, 3.8) is 0 Å². The molecule has 0 bridgehead atoms. The lowest BCUT2D eigenvalue weighted by molar-refractivity contribution is 0.252. The van der Waals surface area contributed by atoms with Crippen LogP contribution in [0, 0.1) is 0 Å². The van der Waals surface area contributed by atoms with Gasteiger partial charge in [-0.1, -0.05) is 6.07 Å². The quantitative estimate of drug-likeness (QED) is 0.539. The second-order valence-corrected chi connectivity index (χ2v) is 4.69. The van der Waals surface area contributed by atoms with Crippen LogP contribution < -0.4 is 16.4 Å². The fourth-order valence-electron chi connectivity index (χ4n) is 1.37. The first-order valence-electron chi connectivity index (χ1n) is 5.61. The van der Waals surface area contributed by atoms with Crippen molar-refractivity contribution < 1.29 is 4.79 Å². The highest BCUT2D eigenvalue weighted by atomic mass is 32.2. The van der Waals surface area contributed by atoms with E-state index >= 15 is 0 Å². The Kier molecular flexibility index (Phi) is 6.32. The van der Waals surface area contributed by atoms with Gasteiger partial charge in [0.25, 0.3) is 0 Å². The molecule has 0 saturated carbocycles. The highest BCUT2D eigenvalue weighted by Crippen LogP contribution is 2.11. The number of carbonyl (C=O) groups excluding carboxylic acids is 1. The van der Waals surface area contributed by atoms with E-state index in [1.165, 1.54) is 0 Å². The molecule has 0 heterocycles. The summed E-state index contributed by atoms with van der Waals surface area (Å²) in [6.07, 6.45) is 4.21. The fraction of sp³-hybridized carbons (Fsp3) is 0.417. The second-order valence-electron chi connectivity index (χ2n) is 3.71. The number of amides is 2. The number of rotatable bonds is 6. The Hall–Kier alpha value is -1.36. The predicted molar refractivity (Wildman–Crippen MR) is 75.5 cm³/mol. The lowest BCUT2D eigenvalue weighted by atomic mass is 10.3. The number of hydrogen-bond donors (Lipinski definition) is 3. The Morgan fingerprint density at radius 3 is 2.94 bits per heavy atom. The van der Waals surface area contributed by atoms with Crippen molar-refractivity contribution in [1.29, 1.82) is 0 Å². The molecule has 0 unspecified atom stereocenters. The van der Waals surface area contributed by atoms with E-state index < -0.39 is 0 Å². The number of carbonyl (C=O) groups is 1. The summed E-state index contributed by atoms with van der Waals surface area (Å²) in [7, 11) is 0. The number of thioether (sulfide) groups is 1. The Bertz CT molecular complexity index is 357. The zero-order valence-corrected chi connectivity index (χ0v) is 10.8. The van der Waals surface area contributed by atoms with Crippen LogP contribution in [0.25, 0.3) is 0 Å². The third-order valence-corrected chi connectivity index (χ3v) is 2.90. The summed E-state index contributed by atoms with van der Waals surface area (Å²) in [6.45, 7) is 0.703. The first-order chi connectivity index (χ1) is 8.22. The third-order valence-electron chi connectivity index (χ3n) is 2.21. The molecule has 4 N–H and O–H groups in total. The number of benzene rings is 1. The fourth-order valence-corrected chi connectivity index (χ4v) is 1.86. The van der Waals surface area contributed by atoms with E-state index in [9.17, 15) is 4.79 Å². The van der Waals surface area contributed by atoms with Crippen LogP contribution >= 0.6 is 11.8 Å². The number of nitrogen functional groups attached to an aromatic ring is 1. The van der Waals surface area contributed by atoms with Gasteiger partial charge >= 0.3 is 6.03 Å². The van der Waals surface area contributed by atoms with E-state index in [-0.39, 0.29) is 6.03 Å². The van der Waals surface area contributed by atoms with Gasteiger partial charge in [-0.15, -0.1) is 0 Å². The van der Waals surface area contributed by atoms with Crippen molar-refractivity contribution in [1.82, 2.24) is 5.32 Å². The highest BCUT2D eigenvalue weighted by molar-refractivity contribution is 7.98. The summed E-state index contributed by atoms with van der Waals surface area (Å²) in [5, 5.41) is 5.55. The maximum atomic E-state index is 11.5. The molecule has 2 amide bonds. The van der Waals surface area contributed by atoms with Crippen molar-refractivity contribution in [2.75, 3.05) is 29.6 Å². The first kappa shape index (κ1) is 13.7. The van der Waals surface area contributed by atoms with E-state index in [2.05, 4.69) is 16.9 Å². The van der Waals surface area contributed by atoms with Crippen molar-refractivity contribution in [3.8, 4) is 0 Å².